The van der Waals surface area contributed by atoms with Crippen molar-refractivity contribution in [3.63, 3.8) is 0 Å². The largest absolute Gasteiger partial charge is 0.375 e. The summed E-state index contributed by atoms with van der Waals surface area (Å²) in [5, 5.41) is 8.86. The fraction of sp³-hybridized carbons (Fsp3) is 0.125. The molecule has 0 radical (unpaired) electrons. The molecule has 6 aromatic heterocycles. The first-order chi connectivity index (χ1) is 42.8. The maximum absolute atomic E-state index is 5.50. The van der Waals surface area contributed by atoms with Gasteiger partial charge in [-0.25, -0.2) is 4.98 Å². The van der Waals surface area contributed by atoms with Crippen molar-refractivity contribution in [1.29, 1.82) is 0 Å². The number of hydrogen-bond donors (Lipinski definition) is 0. The molecule has 0 saturated carbocycles. The van der Waals surface area contributed by atoms with Gasteiger partial charge in [-0.3, -0.25) is 9.55 Å². The Morgan fingerprint density at radius 1 is 0.341 bits per heavy atom. The van der Waals surface area contributed by atoms with Crippen LogP contribution in [0.4, 0.5) is 0 Å². The van der Waals surface area contributed by atoms with Crippen LogP contribution in [-0.2, 0) is 6.42 Å². The van der Waals surface area contributed by atoms with Gasteiger partial charge in [-0.05, 0) is 201 Å². The van der Waals surface area contributed by atoms with E-state index in [0.29, 0.717) is 0 Å². The van der Waals surface area contributed by atoms with Crippen molar-refractivity contribution in [3.8, 4) is 33.6 Å². The second kappa shape index (κ2) is 18.4. The molecule has 0 N–H and O–H groups in total. The summed E-state index contributed by atoms with van der Waals surface area (Å²) in [5.41, 5.74) is 37.0. The van der Waals surface area contributed by atoms with Gasteiger partial charge in [0.15, 0.2) is 0 Å². The van der Waals surface area contributed by atoms with E-state index in [-0.39, 0.29) is 13.7 Å². The van der Waals surface area contributed by atoms with Crippen LogP contribution in [0.1, 0.15) is 61.2 Å². The lowest BCUT2D eigenvalue weighted by Crippen LogP contribution is -2.54. The standard InChI is InChI=1S/C80H62B2N6/c1-44-29-50(7)75-60(31-44)61-32-45(2)30-51(8)76(61)88(75)82-67-23-14-15-24-69(67)85-71-41-57(43-83-73(71)59-27-26-58(72(82)79(59)85)55-19-11-10-12-20-55)56-21-17-18-53(39-56)38-54-37-52(9)77-64(40-54)62-33-46(3)28-49(6)74(62)87(77)81-66-22-13-16-25-70(66)86-78-63(34-47(4)36-68(78)81)65-35-48(5)42-84-80(65)86/h10-37,39-43H,38H2,1-9H3. The lowest BCUT2D eigenvalue weighted by molar-refractivity contribution is 1.13. The highest BCUT2D eigenvalue weighted by atomic mass is 15.1. The smallest absolute Gasteiger partial charge is 0.333 e. The van der Waals surface area contributed by atoms with Crippen molar-refractivity contribution in [3.05, 3.63) is 262 Å². The average molecular weight is 1130 g/mol. The quantitative estimate of drug-likeness (QED) is 0.156. The summed E-state index contributed by atoms with van der Waals surface area (Å²) in [6.07, 6.45) is 4.91. The van der Waals surface area contributed by atoms with Crippen molar-refractivity contribution < 1.29 is 0 Å². The zero-order valence-corrected chi connectivity index (χ0v) is 51.1. The second-order valence-corrected chi connectivity index (χ2v) is 26.0. The van der Waals surface area contributed by atoms with Gasteiger partial charge in [0, 0.05) is 89.1 Å². The second-order valence-electron chi connectivity index (χ2n) is 26.0. The van der Waals surface area contributed by atoms with Gasteiger partial charge in [0.1, 0.15) is 5.65 Å². The first kappa shape index (κ1) is 51.1. The molecule has 8 heterocycles. The molecule has 0 atom stereocenters. The van der Waals surface area contributed by atoms with E-state index in [4.69, 9.17) is 9.97 Å². The van der Waals surface area contributed by atoms with Crippen LogP contribution < -0.4 is 21.9 Å². The predicted molar refractivity (Wildman–Crippen MR) is 373 cm³/mol. The number of fused-ring (bicyclic) bond motifs is 16. The van der Waals surface area contributed by atoms with Crippen LogP contribution in [0.5, 0.6) is 0 Å². The summed E-state index contributed by atoms with van der Waals surface area (Å²) in [6, 6.07) is 71.9. The van der Waals surface area contributed by atoms with E-state index >= 15 is 0 Å². The van der Waals surface area contributed by atoms with Crippen molar-refractivity contribution in [2.75, 3.05) is 0 Å². The molecule has 0 unspecified atom stereocenters. The molecule has 2 aliphatic heterocycles. The van der Waals surface area contributed by atoms with Gasteiger partial charge in [-0.1, -0.05) is 156 Å². The maximum Gasteiger partial charge on any atom is 0.333 e. The van der Waals surface area contributed by atoms with Crippen LogP contribution in [0.15, 0.2) is 200 Å². The Kier molecular flexibility index (Phi) is 10.7. The van der Waals surface area contributed by atoms with Gasteiger partial charge in [0.05, 0.1) is 22.1 Å². The monoisotopic (exact) mass is 1130 g/mol. The number of rotatable bonds is 6. The summed E-state index contributed by atoms with van der Waals surface area (Å²) >= 11 is 0. The normalized spacial score (nSPS) is 12.8. The molecular weight excluding hydrogens is 1070 g/mol. The molecule has 16 aromatic rings. The minimum absolute atomic E-state index is 0.0624. The zero-order chi connectivity index (χ0) is 59.3. The zero-order valence-electron chi connectivity index (χ0n) is 51.1. The topological polar surface area (TPSA) is 45.5 Å². The Bertz CT molecular complexity index is 5730. The van der Waals surface area contributed by atoms with Gasteiger partial charge in [0.25, 0.3) is 0 Å². The van der Waals surface area contributed by atoms with Crippen LogP contribution in [0, 0.1) is 62.3 Å². The Hall–Kier alpha value is -10.2. The van der Waals surface area contributed by atoms with E-state index < -0.39 is 0 Å². The molecule has 0 aliphatic carbocycles. The highest BCUT2D eigenvalue weighted by Crippen LogP contribution is 2.43. The maximum atomic E-state index is 5.50. The fourth-order valence-corrected chi connectivity index (χ4v) is 16.8. The molecule has 0 amide bonds. The summed E-state index contributed by atoms with van der Waals surface area (Å²) in [4.78, 5) is 10.6. The van der Waals surface area contributed by atoms with Crippen LogP contribution >= 0.6 is 0 Å². The predicted octanol–water partition coefficient (Wildman–Crippen LogP) is 16.5. The summed E-state index contributed by atoms with van der Waals surface area (Å²) in [6.45, 7) is 20.2. The Morgan fingerprint density at radius 2 is 0.886 bits per heavy atom. The van der Waals surface area contributed by atoms with Crippen molar-refractivity contribution >= 4 is 123 Å². The number of nitrogens with zero attached hydrogens (tertiary/aromatic N) is 6. The molecule has 0 fully saturated rings. The van der Waals surface area contributed by atoms with Crippen LogP contribution in [0.2, 0.25) is 0 Å². The van der Waals surface area contributed by atoms with Gasteiger partial charge in [0.2, 0.25) is 0 Å². The van der Waals surface area contributed by atoms with Gasteiger partial charge >= 0.3 is 13.7 Å². The van der Waals surface area contributed by atoms with Crippen molar-refractivity contribution in [2.45, 2.75) is 68.7 Å². The molecule has 418 valence electrons. The minimum atomic E-state index is -0.127. The van der Waals surface area contributed by atoms with Crippen LogP contribution in [-0.4, -0.2) is 41.8 Å². The van der Waals surface area contributed by atoms with E-state index in [2.05, 4.69) is 275 Å². The minimum Gasteiger partial charge on any atom is -0.375 e. The third-order valence-electron chi connectivity index (χ3n) is 19.8. The lowest BCUT2D eigenvalue weighted by Gasteiger charge is -2.30. The molecule has 18 rings (SSSR count). The third-order valence-corrected chi connectivity index (χ3v) is 19.8. The number of benzene rings is 10. The highest BCUT2D eigenvalue weighted by molar-refractivity contribution is 6.90. The number of hydrogen-bond acceptors (Lipinski definition) is 2. The summed E-state index contributed by atoms with van der Waals surface area (Å²) < 4.78 is 10.4. The fourth-order valence-electron chi connectivity index (χ4n) is 16.8. The molecule has 6 nitrogen and oxygen atoms in total. The Morgan fingerprint density at radius 3 is 1.56 bits per heavy atom. The molecule has 10 aromatic carbocycles. The summed E-state index contributed by atoms with van der Waals surface area (Å²) in [5.74, 6) is 0. The molecular formula is C80H62B2N6. The van der Waals surface area contributed by atoms with E-state index in [1.807, 2.05) is 6.20 Å². The molecule has 8 heteroatoms. The Balaban J connectivity index is 0.795. The van der Waals surface area contributed by atoms with Crippen LogP contribution in [0.3, 0.4) is 0 Å². The van der Waals surface area contributed by atoms with Crippen molar-refractivity contribution in [1.82, 2.24) is 28.1 Å². The molecule has 88 heavy (non-hydrogen) atoms. The van der Waals surface area contributed by atoms with Gasteiger partial charge in [-0.15, -0.1) is 0 Å². The number of para-hydroxylation sites is 2. The molecule has 0 spiro atoms. The number of aryl methyl sites for hydroxylation is 9. The lowest BCUT2D eigenvalue weighted by atomic mass is 9.46. The molecule has 0 saturated heterocycles. The van der Waals surface area contributed by atoms with Crippen LogP contribution in [0.25, 0.3) is 121 Å². The number of aromatic nitrogens is 6. The van der Waals surface area contributed by atoms with E-state index in [1.54, 1.807) is 0 Å². The van der Waals surface area contributed by atoms with Gasteiger partial charge < -0.3 is 13.5 Å². The van der Waals surface area contributed by atoms with Gasteiger partial charge in [-0.2, -0.15) is 0 Å². The van der Waals surface area contributed by atoms with E-state index in [0.717, 1.165) is 34.2 Å². The molecule has 0 bridgehead atoms. The number of pyridine rings is 2. The average Bonchev–Trinajstić information content (AvgIpc) is 1.51. The Labute approximate surface area is 512 Å². The van der Waals surface area contributed by atoms with Crippen molar-refractivity contribution in [2.24, 2.45) is 0 Å². The van der Waals surface area contributed by atoms with E-state index in [9.17, 15) is 0 Å². The SMILES string of the molecule is Cc1cc(C)c2c(c1)c1cc(C)cc(C)c1n2B1c2ccccc2-n2c3cc(-c4cccc(Cc5cc(C)c6c(c5)c5cc(C)cc(C)c5n6B5c6ccccc6-n6c7ncc(C)cc7c7cc(C)cc5c76)c4)cnc3c3ccc(-c4ccccc4)c1c32. The van der Waals surface area contributed by atoms with E-state index in [1.165, 1.54) is 176 Å². The highest BCUT2D eigenvalue weighted by Gasteiger charge is 2.41. The first-order valence-corrected chi connectivity index (χ1v) is 31.1. The summed E-state index contributed by atoms with van der Waals surface area (Å²) in [7, 11) is 0. The molecule has 2 aliphatic rings. The first-order valence-electron chi connectivity index (χ1n) is 31.1. The third kappa shape index (κ3) is 7.08.